The lowest BCUT2D eigenvalue weighted by molar-refractivity contribution is -0.113. The molecule has 0 amide bonds. The Bertz CT molecular complexity index is 236. The molecular formula is C12H20O. The molecule has 1 nitrogen and oxygen atoms in total. The molecule has 1 rings (SSSR count). The third-order valence-electron chi connectivity index (χ3n) is 4.18. The molecule has 0 heterocycles. The summed E-state index contributed by atoms with van der Waals surface area (Å²) in [5.74, 6) is 3.31. The summed E-state index contributed by atoms with van der Waals surface area (Å²) in [6, 6.07) is 0. The van der Waals surface area contributed by atoms with Gasteiger partial charge in [0.15, 0.2) is 0 Å². The average molecular weight is 180 g/mol. The molecule has 0 aliphatic heterocycles. The van der Waals surface area contributed by atoms with Crippen molar-refractivity contribution in [1.82, 2.24) is 0 Å². The van der Waals surface area contributed by atoms with E-state index in [0.29, 0.717) is 5.92 Å². The Balaban J connectivity index is 3.07. The van der Waals surface area contributed by atoms with Crippen LogP contribution in [-0.4, -0.2) is 10.7 Å². The van der Waals surface area contributed by atoms with Crippen molar-refractivity contribution < 1.29 is 5.11 Å². The normalized spacial score (nSPS) is 44.0. The largest absolute Gasteiger partial charge is 0.377 e. The maximum absolute atomic E-state index is 10.4. The molecular weight excluding hydrogens is 160 g/mol. The minimum absolute atomic E-state index is 0.167. The molecule has 0 aromatic carbocycles. The third kappa shape index (κ3) is 1.28. The van der Waals surface area contributed by atoms with Crippen molar-refractivity contribution in [3.63, 3.8) is 0 Å². The van der Waals surface area contributed by atoms with Gasteiger partial charge in [-0.25, -0.2) is 0 Å². The van der Waals surface area contributed by atoms with Gasteiger partial charge in [-0.05, 0) is 24.7 Å². The van der Waals surface area contributed by atoms with E-state index in [0.717, 1.165) is 12.8 Å². The van der Waals surface area contributed by atoms with Crippen LogP contribution < -0.4 is 0 Å². The first-order valence-electron chi connectivity index (χ1n) is 5.06. The molecule has 0 aromatic heterocycles. The van der Waals surface area contributed by atoms with Crippen LogP contribution in [0.1, 0.15) is 40.5 Å². The van der Waals surface area contributed by atoms with Gasteiger partial charge < -0.3 is 5.11 Å². The van der Waals surface area contributed by atoms with Crippen LogP contribution in [-0.2, 0) is 0 Å². The maximum Gasteiger partial charge on any atom is 0.133 e. The molecule has 13 heavy (non-hydrogen) atoms. The third-order valence-corrected chi connectivity index (χ3v) is 4.18. The number of hydrogen-bond acceptors (Lipinski definition) is 1. The second-order valence-corrected chi connectivity index (χ2v) is 5.01. The zero-order chi connectivity index (χ0) is 10.3. The Morgan fingerprint density at radius 3 is 2.08 bits per heavy atom. The summed E-state index contributed by atoms with van der Waals surface area (Å²) in [6.07, 6.45) is 7.66. The minimum atomic E-state index is -0.926. The van der Waals surface area contributed by atoms with Crippen LogP contribution in [0.15, 0.2) is 0 Å². The number of aliphatic hydroxyl groups is 1. The summed E-state index contributed by atoms with van der Waals surface area (Å²) in [5.41, 5.74) is -1.09. The summed E-state index contributed by atoms with van der Waals surface area (Å²) >= 11 is 0. The van der Waals surface area contributed by atoms with Crippen molar-refractivity contribution in [2.24, 2.45) is 17.3 Å². The fraction of sp³-hybridized carbons (Fsp3) is 0.833. The highest BCUT2D eigenvalue weighted by atomic mass is 16.3. The van der Waals surface area contributed by atoms with Gasteiger partial charge in [0.2, 0.25) is 0 Å². The summed E-state index contributed by atoms with van der Waals surface area (Å²) in [7, 11) is 0. The molecule has 1 N–H and O–H groups in total. The van der Waals surface area contributed by atoms with Gasteiger partial charge >= 0.3 is 0 Å². The molecule has 0 aromatic rings. The number of rotatable bonds is 0. The lowest BCUT2D eigenvalue weighted by Gasteiger charge is -2.51. The van der Waals surface area contributed by atoms with Crippen molar-refractivity contribution in [3.8, 4) is 12.3 Å². The molecule has 0 saturated heterocycles. The van der Waals surface area contributed by atoms with Crippen LogP contribution in [0.5, 0.6) is 0 Å². The number of terminal acetylenes is 1. The molecule has 0 bridgehead atoms. The van der Waals surface area contributed by atoms with E-state index in [1.165, 1.54) is 0 Å². The van der Waals surface area contributed by atoms with Gasteiger partial charge in [0.25, 0.3) is 0 Å². The SMILES string of the molecule is C#CC1(O)C(C)CCC(C)C1(C)C. The summed E-state index contributed by atoms with van der Waals surface area (Å²) in [4.78, 5) is 0. The molecule has 1 fully saturated rings. The molecule has 3 atom stereocenters. The molecule has 74 valence electrons. The standard InChI is InChI=1S/C12H20O/c1-6-12(13)10(3)8-7-9(2)11(12,4)5/h1,9-10,13H,7-8H2,2-5H3. The van der Waals surface area contributed by atoms with Crippen molar-refractivity contribution in [3.05, 3.63) is 0 Å². The van der Waals surface area contributed by atoms with Gasteiger partial charge in [0.1, 0.15) is 5.60 Å². The topological polar surface area (TPSA) is 20.2 Å². The van der Waals surface area contributed by atoms with Crippen LogP contribution in [0.2, 0.25) is 0 Å². The quantitative estimate of drug-likeness (QED) is 0.568. The Labute approximate surface area is 81.5 Å². The van der Waals surface area contributed by atoms with Crippen LogP contribution in [0.25, 0.3) is 0 Å². The Kier molecular flexibility index (Phi) is 2.47. The Morgan fingerprint density at radius 2 is 1.69 bits per heavy atom. The summed E-state index contributed by atoms with van der Waals surface area (Å²) < 4.78 is 0. The molecule has 1 aliphatic carbocycles. The first-order valence-corrected chi connectivity index (χ1v) is 5.06. The smallest absolute Gasteiger partial charge is 0.133 e. The average Bonchev–Trinajstić information content (AvgIpc) is 2.09. The van der Waals surface area contributed by atoms with Gasteiger partial charge in [0.05, 0.1) is 0 Å². The first-order chi connectivity index (χ1) is 5.86. The fourth-order valence-electron chi connectivity index (χ4n) is 2.41. The van der Waals surface area contributed by atoms with Gasteiger partial charge in [-0.2, -0.15) is 0 Å². The van der Waals surface area contributed by atoms with Gasteiger partial charge in [0, 0.05) is 5.41 Å². The van der Waals surface area contributed by atoms with Crippen molar-refractivity contribution in [2.75, 3.05) is 0 Å². The van der Waals surface area contributed by atoms with E-state index < -0.39 is 5.60 Å². The van der Waals surface area contributed by atoms with Crippen molar-refractivity contribution in [2.45, 2.75) is 46.1 Å². The minimum Gasteiger partial charge on any atom is -0.377 e. The van der Waals surface area contributed by atoms with Gasteiger partial charge in [-0.3, -0.25) is 0 Å². The molecule has 1 aliphatic rings. The van der Waals surface area contributed by atoms with Gasteiger partial charge in [-0.1, -0.05) is 33.6 Å². The lowest BCUT2D eigenvalue weighted by atomic mass is 9.56. The zero-order valence-electron chi connectivity index (χ0n) is 9.09. The highest BCUT2D eigenvalue weighted by Crippen LogP contribution is 2.49. The van der Waals surface area contributed by atoms with E-state index in [9.17, 15) is 5.11 Å². The predicted molar refractivity (Wildman–Crippen MR) is 55.1 cm³/mol. The van der Waals surface area contributed by atoms with Crippen LogP contribution in [0.3, 0.4) is 0 Å². The predicted octanol–water partition coefficient (Wildman–Crippen LogP) is 2.44. The van der Waals surface area contributed by atoms with Crippen molar-refractivity contribution >= 4 is 0 Å². The van der Waals surface area contributed by atoms with E-state index >= 15 is 0 Å². The second-order valence-electron chi connectivity index (χ2n) is 5.01. The van der Waals surface area contributed by atoms with Crippen LogP contribution >= 0.6 is 0 Å². The highest BCUT2D eigenvalue weighted by Gasteiger charge is 2.51. The van der Waals surface area contributed by atoms with E-state index in [4.69, 9.17) is 6.42 Å². The Hall–Kier alpha value is -0.480. The number of hydrogen-bond donors (Lipinski definition) is 1. The summed E-state index contributed by atoms with van der Waals surface area (Å²) in [5, 5.41) is 10.4. The van der Waals surface area contributed by atoms with E-state index in [2.05, 4.69) is 26.7 Å². The van der Waals surface area contributed by atoms with E-state index in [-0.39, 0.29) is 11.3 Å². The van der Waals surface area contributed by atoms with E-state index in [1.807, 2.05) is 6.92 Å². The zero-order valence-corrected chi connectivity index (χ0v) is 9.09. The maximum atomic E-state index is 10.4. The van der Waals surface area contributed by atoms with Crippen molar-refractivity contribution in [1.29, 1.82) is 0 Å². The monoisotopic (exact) mass is 180 g/mol. The van der Waals surface area contributed by atoms with Crippen LogP contribution in [0.4, 0.5) is 0 Å². The molecule has 0 spiro atoms. The second kappa shape index (κ2) is 3.03. The molecule has 0 radical (unpaired) electrons. The molecule has 3 unspecified atom stereocenters. The van der Waals surface area contributed by atoms with Crippen LogP contribution in [0, 0.1) is 29.6 Å². The first kappa shape index (κ1) is 10.6. The summed E-state index contributed by atoms with van der Waals surface area (Å²) in [6.45, 7) is 8.38. The van der Waals surface area contributed by atoms with Gasteiger partial charge in [-0.15, -0.1) is 6.42 Å². The Morgan fingerprint density at radius 1 is 1.23 bits per heavy atom. The molecule has 1 heteroatoms. The highest BCUT2D eigenvalue weighted by molar-refractivity contribution is 5.19. The lowest BCUT2D eigenvalue weighted by Crippen LogP contribution is -2.54. The fourth-order valence-corrected chi connectivity index (χ4v) is 2.41. The van der Waals surface area contributed by atoms with E-state index in [1.54, 1.807) is 0 Å². The molecule has 1 saturated carbocycles.